The predicted octanol–water partition coefficient (Wildman–Crippen LogP) is 4.52. The zero-order valence-corrected chi connectivity index (χ0v) is 13.6. The van der Waals surface area contributed by atoms with E-state index in [4.69, 9.17) is 10.7 Å². The normalized spacial score (nSPS) is 13.8. The summed E-state index contributed by atoms with van der Waals surface area (Å²) in [5.74, 6) is 0. The highest BCUT2D eigenvalue weighted by Crippen LogP contribution is 2.43. The molecule has 2 nitrogen and oxygen atoms in total. The van der Waals surface area contributed by atoms with Gasteiger partial charge in [0.05, 0.1) is 11.7 Å². The molecule has 21 heavy (non-hydrogen) atoms. The second kappa shape index (κ2) is 5.05. The average molecular weight is 357 g/mol. The lowest BCUT2D eigenvalue weighted by atomic mass is 10.1. The van der Waals surface area contributed by atoms with Gasteiger partial charge in [0.25, 0.3) is 0 Å². The van der Waals surface area contributed by atoms with Gasteiger partial charge in [-0.15, -0.1) is 11.3 Å². The summed E-state index contributed by atoms with van der Waals surface area (Å²) in [6.07, 6.45) is 0.950. The second-order valence-corrected chi connectivity index (χ2v) is 7.12. The van der Waals surface area contributed by atoms with Crippen LogP contribution in [-0.2, 0) is 6.42 Å². The van der Waals surface area contributed by atoms with Crippen LogP contribution in [0.1, 0.15) is 27.1 Å². The molecule has 3 aromatic rings. The molecule has 1 heterocycles. The van der Waals surface area contributed by atoms with Crippen LogP contribution in [0.25, 0.3) is 11.3 Å². The summed E-state index contributed by atoms with van der Waals surface area (Å²) in [5.41, 5.74) is 11.2. The van der Waals surface area contributed by atoms with Crippen molar-refractivity contribution in [2.24, 2.45) is 5.73 Å². The van der Waals surface area contributed by atoms with E-state index in [0.717, 1.165) is 22.7 Å². The minimum absolute atomic E-state index is 0.141. The fourth-order valence-corrected chi connectivity index (χ4v) is 4.38. The molecule has 1 atom stereocenters. The molecule has 1 aliphatic rings. The molecule has 4 heteroatoms. The molecule has 1 aromatic heterocycles. The summed E-state index contributed by atoms with van der Waals surface area (Å²) in [5, 5.41) is 0.997. The van der Waals surface area contributed by atoms with E-state index < -0.39 is 0 Å². The minimum Gasteiger partial charge on any atom is -0.318 e. The van der Waals surface area contributed by atoms with Gasteiger partial charge in [0.1, 0.15) is 5.01 Å². The van der Waals surface area contributed by atoms with Crippen molar-refractivity contribution in [1.29, 1.82) is 0 Å². The number of nitrogens with zero attached hydrogens (tertiary/aromatic N) is 1. The highest BCUT2D eigenvalue weighted by Gasteiger charge is 2.26. The zero-order valence-electron chi connectivity index (χ0n) is 11.2. The van der Waals surface area contributed by atoms with Gasteiger partial charge in [0.15, 0.2) is 0 Å². The van der Waals surface area contributed by atoms with Gasteiger partial charge in [-0.1, -0.05) is 58.4 Å². The summed E-state index contributed by atoms with van der Waals surface area (Å²) in [6, 6.07) is 16.3. The summed E-state index contributed by atoms with van der Waals surface area (Å²) in [6.45, 7) is 0. The van der Waals surface area contributed by atoms with Crippen molar-refractivity contribution in [2.45, 2.75) is 12.5 Å². The van der Waals surface area contributed by atoms with E-state index >= 15 is 0 Å². The van der Waals surface area contributed by atoms with Crippen molar-refractivity contribution in [3.63, 3.8) is 0 Å². The largest absolute Gasteiger partial charge is 0.318 e. The van der Waals surface area contributed by atoms with Crippen LogP contribution in [0.15, 0.2) is 53.0 Å². The number of nitrogens with two attached hydrogens (primary N) is 1. The van der Waals surface area contributed by atoms with E-state index in [1.807, 2.05) is 18.2 Å². The smallest absolute Gasteiger partial charge is 0.115 e. The molecule has 2 N–H and O–H groups in total. The van der Waals surface area contributed by atoms with Crippen molar-refractivity contribution >= 4 is 27.3 Å². The van der Waals surface area contributed by atoms with Crippen LogP contribution in [0, 0.1) is 0 Å². The number of rotatable bonds is 2. The van der Waals surface area contributed by atoms with Gasteiger partial charge in [-0.05, 0) is 17.2 Å². The number of hydrogen-bond acceptors (Lipinski definition) is 3. The Hall–Kier alpha value is -1.49. The van der Waals surface area contributed by atoms with Crippen LogP contribution in [0.5, 0.6) is 0 Å². The highest BCUT2D eigenvalue weighted by molar-refractivity contribution is 9.10. The van der Waals surface area contributed by atoms with Crippen molar-refractivity contribution in [2.75, 3.05) is 0 Å². The van der Waals surface area contributed by atoms with Crippen LogP contribution in [0.3, 0.4) is 0 Å². The molecule has 0 saturated carbocycles. The Balaban J connectivity index is 1.76. The molecule has 0 amide bonds. The Labute approximate surface area is 135 Å². The lowest BCUT2D eigenvalue weighted by Crippen LogP contribution is -2.11. The van der Waals surface area contributed by atoms with Gasteiger partial charge in [0, 0.05) is 21.3 Å². The number of fused-ring (bicyclic) bond motifs is 3. The lowest BCUT2D eigenvalue weighted by molar-refractivity contribution is 0.859. The Bertz CT molecular complexity index is 811. The topological polar surface area (TPSA) is 38.9 Å². The molecular weight excluding hydrogens is 344 g/mol. The average Bonchev–Trinajstić information content (AvgIpc) is 3.07. The molecule has 0 saturated heterocycles. The standard InChI is InChI=1S/C17H13BrN2S/c18-13-8-4-7-11-12(13)9-14-16(11)20-17(21-14)15(19)10-5-2-1-3-6-10/h1-8,15H,9,19H2. The molecule has 0 radical (unpaired) electrons. The molecule has 0 fully saturated rings. The molecule has 104 valence electrons. The monoisotopic (exact) mass is 356 g/mol. The van der Waals surface area contributed by atoms with E-state index in [-0.39, 0.29) is 6.04 Å². The van der Waals surface area contributed by atoms with E-state index in [1.165, 1.54) is 20.5 Å². The quantitative estimate of drug-likeness (QED) is 0.573. The maximum atomic E-state index is 6.37. The van der Waals surface area contributed by atoms with Crippen LogP contribution < -0.4 is 5.73 Å². The van der Waals surface area contributed by atoms with Gasteiger partial charge >= 0.3 is 0 Å². The van der Waals surface area contributed by atoms with Crippen LogP contribution in [0.4, 0.5) is 0 Å². The van der Waals surface area contributed by atoms with Gasteiger partial charge in [-0.2, -0.15) is 0 Å². The third-order valence-corrected chi connectivity index (χ3v) is 5.73. The first-order chi connectivity index (χ1) is 10.2. The molecular formula is C17H13BrN2S. The molecule has 1 unspecified atom stereocenters. The number of thiazole rings is 1. The summed E-state index contributed by atoms with van der Waals surface area (Å²) >= 11 is 5.36. The first kappa shape index (κ1) is 13.2. The summed E-state index contributed by atoms with van der Waals surface area (Å²) in [4.78, 5) is 6.14. The predicted molar refractivity (Wildman–Crippen MR) is 90.5 cm³/mol. The number of hydrogen-bond donors (Lipinski definition) is 1. The Morgan fingerprint density at radius 2 is 1.90 bits per heavy atom. The van der Waals surface area contributed by atoms with Crippen molar-refractivity contribution in [3.05, 3.63) is 74.0 Å². The third kappa shape index (κ3) is 2.14. The first-order valence-corrected chi connectivity index (χ1v) is 8.43. The van der Waals surface area contributed by atoms with Crippen LogP contribution in [0.2, 0.25) is 0 Å². The van der Waals surface area contributed by atoms with Gasteiger partial charge in [0.2, 0.25) is 0 Å². The Morgan fingerprint density at radius 1 is 1.10 bits per heavy atom. The van der Waals surface area contributed by atoms with Gasteiger partial charge < -0.3 is 5.73 Å². The fourth-order valence-electron chi connectivity index (χ4n) is 2.76. The SMILES string of the molecule is NC(c1ccccc1)c1nc2c(s1)Cc1c(Br)cccc1-2. The summed E-state index contributed by atoms with van der Waals surface area (Å²) < 4.78 is 1.17. The minimum atomic E-state index is -0.141. The zero-order chi connectivity index (χ0) is 14.4. The van der Waals surface area contributed by atoms with Crippen LogP contribution in [-0.4, -0.2) is 4.98 Å². The number of benzene rings is 2. The molecule has 1 aliphatic carbocycles. The third-order valence-electron chi connectivity index (χ3n) is 3.85. The maximum Gasteiger partial charge on any atom is 0.115 e. The maximum absolute atomic E-state index is 6.37. The first-order valence-electron chi connectivity index (χ1n) is 6.82. The van der Waals surface area contributed by atoms with Crippen molar-refractivity contribution in [1.82, 2.24) is 4.98 Å². The lowest BCUT2D eigenvalue weighted by Gasteiger charge is -2.09. The second-order valence-electron chi connectivity index (χ2n) is 5.15. The Morgan fingerprint density at radius 3 is 2.71 bits per heavy atom. The van der Waals surface area contributed by atoms with E-state index in [1.54, 1.807) is 11.3 Å². The molecule has 0 aliphatic heterocycles. The summed E-state index contributed by atoms with van der Waals surface area (Å²) in [7, 11) is 0. The highest BCUT2D eigenvalue weighted by atomic mass is 79.9. The van der Waals surface area contributed by atoms with Gasteiger partial charge in [-0.3, -0.25) is 0 Å². The number of aromatic nitrogens is 1. The van der Waals surface area contributed by atoms with Crippen LogP contribution >= 0.6 is 27.3 Å². The number of halogens is 1. The molecule has 0 bridgehead atoms. The van der Waals surface area contributed by atoms with E-state index in [2.05, 4.69) is 46.3 Å². The Kier molecular flexibility index (Phi) is 3.17. The molecule has 2 aromatic carbocycles. The van der Waals surface area contributed by atoms with E-state index in [9.17, 15) is 0 Å². The molecule has 0 spiro atoms. The van der Waals surface area contributed by atoms with E-state index in [0.29, 0.717) is 0 Å². The van der Waals surface area contributed by atoms with Gasteiger partial charge in [-0.25, -0.2) is 4.98 Å². The molecule has 4 rings (SSSR count). The fraction of sp³-hybridized carbons (Fsp3) is 0.118. The van der Waals surface area contributed by atoms with Crippen molar-refractivity contribution < 1.29 is 0 Å². The van der Waals surface area contributed by atoms with Crippen molar-refractivity contribution in [3.8, 4) is 11.3 Å².